The average molecular weight is 376 g/mol. The third kappa shape index (κ3) is 2.83. The van der Waals surface area contributed by atoms with Crippen LogP contribution in [0.3, 0.4) is 0 Å². The number of H-pyrrole nitrogens is 1. The Morgan fingerprint density at radius 1 is 1.04 bits per heavy atom. The van der Waals surface area contributed by atoms with Crippen molar-refractivity contribution < 1.29 is 4.74 Å². The summed E-state index contributed by atoms with van der Waals surface area (Å²) in [5.41, 5.74) is 5.80. The molecule has 0 unspecified atom stereocenters. The highest BCUT2D eigenvalue weighted by atomic mass is 16.5. The molecule has 146 valence electrons. The molecule has 1 aromatic heterocycles. The highest BCUT2D eigenvalue weighted by Gasteiger charge is 2.44. The summed E-state index contributed by atoms with van der Waals surface area (Å²) in [5.74, 6) is 0.945. The number of ether oxygens (including phenoxy) is 1. The number of nitrogens with one attached hydrogen (secondary N) is 1. The third-order valence-corrected chi connectivity index (χ3v) is 6.93. The first kappa shape index (κ1) is 17.8. The molecule has 2 aromatic carbocycles. The van der Waals surface area contributed by atoms with E-state index in [0.717, 1.165) is 38.3 Å². The van der Waals surface area contributed by atoms with Gasteiger partial charge in [0.25, 0.3) is 0 Å². The van der Waals surface area contributed by atoms with Crippen LogP contribution in [0, 0.1) is 0 Å². The lowest BCUT2D eigenvalue weighted by Gasteiger charge is -2.50. The molecule has 4 heteroatoms. The van der Waals surface area contributed by atoms with Crippen molar-refractivity contribution in [3.05, 3.63) is 65.4 Å². The zero-order valence-electron chi connectivity index (χ0n) is 16.9. The zero-order chi connectivity index (χ0) is 19.1. The van der Waals surface area contributed by atoms with Gasteiger partial charge in [-0.05, 0) is 55.6 Å². The van der Waals surface area contributed by atoms with Gasteiger partial charge in [0.2, 0.25) is 0 Å². The van der Waals surface area contributed by atoms with Crippen LogP contribution in [0.1, 0.15) is 29.7 Å². The highest BCUT2D eigenvalue weighted by Crippen LogP contribution is 2.44. The Labute approximate surface area is 167 Å². The molecule has 0 radical (unpaired) electrons. The molecule has 1 N–H and O–H groups in total. The van der Waals surface area contributed by atoms with Gasteiger partial charge in [-0.2, -0.15) is 0 Å². The number of likely N-dealkylation sites (tertiary alicyclic amines) is 1. The Bertz CT molecular complexity index is 984. The summed E-state index contributed by atoms with van der Waals surface area (Å²) in [7, 11) is 4.05. The topological polar surface area (TPSA) is 31.5 Å². The van der Waals surface area contributed by atoms with Crippen LogP contribution in [0.5, 0.6) is 5.75 Å². The van der Waals surface area contributed by atoms with Crippen molar-refractivity contribution in [3.63, 3.8) is 0 Å². The molecule has 2 aliphatic rings. The molecule has 0 saturated carbocycles. The maximum absolute atomic E-state index is 5.39. The first-order valence-corrected chi connectivity index (χ1v) is 10.4. The van der Waals surface area contributed by atoms with Gasteiger partial charge >= 0.3 is 0 Å². The van der Waals surface area contributed by atoms with Gasteiger partial charge in [-0.3, -0.25) is 9.80 Å². The quantitative estimate of drug-likeness (QED) is 0.746. The number of para-hydroxylation sites is 1. The Morgan fingerprint density at radius 3 is 2.68 bits per heavy atom. The molecule has 5 rings (SSSR count). The number of fused-ring (bicyclic) bond motifs is 4. The SMILES string of the molecule is COc1cccc(CN2CCC3(CC2)c2[nH]c4ccccc4c2CCN3C)c1. The number of likely N-dealkylation sites (N-methyl/N-ethyl adjacent to an activating group) is 1. The van der Waals surface area contributed by atoms with Crippen molar-refractivity contribution in [3.8, 4) is 5.75 Å². The molecule has 0 bridgehead atoms. The molecule has 2 aliphatic heterocycles. The summed E-state index contributed by atoms with van der Waals surface area (Å²) in [6.45, 7) is 4.38. The predicted molar refractivity (Wildman–Crippen MR) is 114 cm³/mol. The minimum atomic E-state index is 0.150. The second-order valence-corrected chi connectivity index (χ2v) is 8.35. The van der Waals surface area contributed by atoms with E-state index < -0.39 is 0 Å². The lowest BCUT2D eigenvalue weighted by molar-refractivity contribution is 0.0229. The van der Waals surface area contributed by atoms with Gasteiger partial charge in [-0.1, -0.05) is 30.3 Å². The molecule has 1 spiro atoms. The van der Waals surface area contributed by atoms with Crippen molar-refractivity contribution in [2.24, 2.45) is 0 Å². The van der Waals surface area contributed by atoms with Crippen molar-refractivity contribution in [2.45, 2.75) is 31.3 Å². The number of benzene rings is 2. The Morgan fingerprint density at radius 2 is 1.86 bits per heavy atom. The van der Waals surface area contributed by atoms with E-state index in [0.29, 0.717) is 0 Å². The Hall–Kier alpha value is -2.30. The normalized spacial score (nSPS) is 19.8. The fourth-order valence-corrected chi connectivity index (χ4v) is 5.28. The van der Waals surface area contributed by atoms with E-state index in [-0.39, 0.29) is 5.54 Å². The van der Waals surface area contributed by atoms with E-state index >= 15 is 0 Å². The molecule has 3 heterocycles. The number of piperidine rings is 1. The van der Waals surface area contributed by atoms with Gasteiger partial charge in [-0.25, -0.2) is 0 Å². The predicted octanol–water partition coefficient (Wildman–Crippen LogP) is 4.16. The van der Waals surface area contributed by atoms with E-state index in [9.17, 15) is 0 Å². The van der Waals surface area contributed by atoms with Gasteiger partial charge in [-0.15, -0.1) is 0 Å². The summed E-state index contributed by atoms with van der Waals surface area (Å²) in [6.07, 6.45) is 3.49. The number of hydrogen-bond acceptors (Lipinski definition) is 3. The Kier molecular flexibility index (Phi) is 4.41. The van der Waals surface area contributed by atoms with Crippen molar-refractivity contribution in [2.75, 3.05) is 33.8 Å². The minimum Gasteiger partial charge on any atom is -0.497 e. The number of rotatable bonds is 3. The fraction of sp³-hybridized carbons (Fsp3) is 0.417. The van der Waals surface area contributed by atoms with E-state index in [1.165, 1.54) is 35.0 Å². The van der Waals surface area contributed by atoms with Crippen LogP contribution in [0.15, 0.2) is 48.5 Å². The second kappa shape index (κ2) is 6.94. The number of aromatic nitrogens is 1. The molecular formula is C24H29N3O. The van der Waals surface area contributed by atoms with Crippen LogP contribution in [-0.2, 0) is 18.5 Å². The standard InChI is InChI=1S/C24H29N3O/c1-26-13-10-21-20-8-3-4-9-22(20)25-23(21)24(26)11-14-27(15-12-24)17-18-6-5-7-19(16-18)28-2/h3-9,16,25H,10-15,17H2,1-2H3. The van der Waals surface area contributed by atoms with E-state index in [4.69, 9.17) is 4.74 Å². The third-order valence-electron chi connectivity index (χ3n) is 6.93. The summed E-state index contributed by atoms with van der Waals surface area (Å²) in [6, 6.07) is 17.3. The van der Waals surface area contributed by atoms with Crippen molar-refractivity contribution >= 4 is 10.9 Å². The molecule has 0 amide bonds. The van der Waals surface area contributed by atoms with Crippen LogP contribution in [0.4, 0.5) is 0 Å². The van der Waals surface area contributed by atoms with Crippen LogP contribution in [0.25, 0.3) is 10.9 Å². The lowest BCUT2D eigenvalue weighted by Crippen LogP contribution is -2.54. The van der Waals surface area contributed by atoms with E-state index in [2.05, 4.69) is 64.3 Å². The monoisotopic (exact) mass is 375 g/mol. The van der Waals surface area contributed by atoms with Crippen LogP contribution >= 0.6 is 0 Å². The molecule has 3 aromatic rings. The maximum Gasteiger partial charge on any atom is 0.119 e. The Balaban J connectivity index is 1.39. The van der Waals surface area contributed by atoms with Gasteiger partial charge in [0, 0.05) is 42.8 Å². The molecule has 4 nitrogen and oxygen atoms in total. The first-order chi connectivity index (χ1) is 13.7. The summed E-state index contributed by atoms with van der Waals surface area (Å²) >= 11 is 0. The minimum absolute atomic E-state index is 0.150. The van der Waals surface area contributed by atoms with Gasteiger partial charge in [0.05, 0.1) is 12.6 Å². The largest absolute Gasteiger partial charge is 0.497 e. The van der Waals surface area contributed by atoms with Gasteiger partial charge < -0.3 is 9.72 Å². The summed E-state index contributed by atoms with van der Waals surface area (Å²) in [5, 5.41) is 1.42. The molecule has 1 fully saturated rings. The average Bonchev–Trinajstić information content (AvgIpc) is 3.12. The number of nitrogens with zero attached hydrogens (tertiary/aromatic N) is 2. The van der Waals surface area contributed by atoms with Gasteiger partial charge in [0.1, 0.15) is 5.75 Å². The number of aromatic amines is 1. The lowest BCUT2D eigenvalue weighted by atomic mass is 9.78. The van der Waals surface area contributed by atoms with Crippen LogP contribution in [0.2, 0.25) is 0 Å². The number of hydrogen-bond donors (Lipinski definition) is 1. The molecule has 1 saturated heterocycles. The molecule has 28 heavy (non-hydrogen) atoms. The molecule has 0 atom stereocenters. The fourth-order valence-electron chi connectivity index (χ4n) is 5.28. The molecule has 0 aliphatic carbocycles. The smallest absolute Gasteiger partial charge is 0.119 e. The van der Waals surface area contributed by atoms with Gasteiger partial charge in [0.15, 0.2) is 0 Å². The first-order valence-electron chi connectivity index (χ1n) is 10.4. The highest BCUT2D eigenvalue weighted by molar-refractivity contribution is 5.85. The maximum atomic E-state index is 5.39. The molecular weight excluding hydrogens is 346 g/mol. The second-order valence-electron chi connectivity index (χ2n) is 8.35. The van der Waals surface area contributed by atoms with Crippen molar-refractivity contribution in [1.29, 1.82) is 0 Å². The van der Waals surface area contributed by atoms with E-state index in [1.807, 2.05) is 6.07 Å². The van der Waals surface area contributed by atoms with Crippen LogP contribution in [-0.4, -0.2) is 48.6 Å². The zero-order valence-corrected chi connectivity index (χ0v) is 16.9. The summed E-state index contributed by atoms with van der Waals surface area (Å²) in [4.78, 5) is 9.00. The van der Waals surface area contributed by atoms with E-state index in [1.54, 1.807) is 12.7 Å². The van der Waals surface area contributed by atoms with Crippen LogP contribution < -0.4 is 4.74 Å². The summed E-state index contributed by atoms with van der Waals surface area (Å²) < 4.78 is 5.39. The number of methoxy groups -OCH3 is 1. The van der Waals surface area contributed by atoms with Crippen molar-refractivity contribution in [1.82, 2.24) is 14.8 Å².